The minimum absolute atomic E-state index is 0.785. The van der Waals surface area contributed by atoms with E-state index in [0.717, 1.165) is 34.1 Å². The molecule has 21 heavy (non-hydrogen) atoms. The molecule has 0 aliphatic heterocycles. The molecule has 0 radical (unpaired) electrons. The SMILES string of the molecule is COc1ccccc1-c1csc(Cc2ccc(N)cc2)n1. The van der Waals surface area contributed by atoms with E-state index < -0.39 is 0 Å². The van der Waals surface area contributed by atoms with Gasteiger partial charge < -0.3 is 10.5 Å². The van der Waals surface area contributed by atoms with Crippen LogP contribution in [-0.4, -0.2) is 12.1 Å². The Kier molecular flexibility index (Phi) is 3.88. The van der Waals surface area contributed by atoms with Crippen LogP contribution < -0.4 is 10.5 Å². The molecule has 2 N–H and O–H groups in total. The number of hydrogen-bond donors (Lipinski definition) is 1. The molecule has 4 heteroatoms. The first kappa shape index (κ1) is 13.6. The molecule has 106 valence electrons. The average Bonchev–Trinajstić information content (AvgIpc) is 2.98. The largest absolute Gasteiger partial charge is 0.496 e. The Labute approximate surface area is 128 Å². The van der Waals surface area contributed by atoms with Gasteiger partial charge in [0.2, 0.25) is 0 Å². The molecule has 0 aliphatic rings. The maximum absolute atomic E-state index is 5.71. The minimum Gasteiger partial charge on any atom is -0.496 e. The first-order chi connectivity index (χ1) is 10.3. The van der Waals surface area contributed by atoms with Crippen LogP contribution in [0.15, 0.2) is 53.9 Å². The Hall–Kier alpha value is -2.33. The number of para-hydroxylation sites is 1. The molecule has 2 aromatic carbocycles. The van der Waals surface area contributed by atoms with Crippen LogP contribution in [-0.2, 0) is 6.42 Å². The first-order valence-electron chi connectivity index (χ1n) is 6.68. The van der Waals surface area contributed by atoms with Gasteiger partial charge in [0.25, 0.3) is 0 Å². The summed E-state index contributed by atoms with van der Waals surface area (Å²) in [6.45, 7) is 0. The summed E-state index contributed by atoms with van der Waals surface area (Å²) in [4.78, 5) is 4.71. The summed E-state index contributed by atoms with van der Waals surface area (Å²) < 4.78 is 5.39. The highest BCUT2D eigenvalue weighted by atomic mass is 32.1. The van der Waals surface area contributed by atoms with E-state index in [0.29, 0.717) is 0 Å². The lowest BCUT2D eigenvalue weighted by Crippen LogP contribution is -1.90. The number of methoxy groups -OCH3 is 1. The fraction of sp³-hybridized carbons (Fsp3) is 0.118. The predicted octanol–water partition coefficient (Wildman–Crippen LogP) is 3.99. The topological polar surface area (TPSA) is 48.1 Å². The molecule has 0 spiro atoms. The maximum atomic E-state index is 5.71. The van der Waals surface area contributed by atoms with E-state index in [1.54, 1.807) is 18.4 Å². The highest BCUT2D eigenvalue weighted by molar-refractivity contribution is 7.10. The van der Waals surface area contributed by atoms with Crippen molar-refractivity contribution in [3.63, 3.8) is 0 Å². The van der Waals surface area contributed by atoms with Crippen LogP contribution in [0.1, 0.15) is 10.6 Å². The highest BCUT2D eigenvalue weighted by Gasteiger charge is 2.09. The molecule has 0 aliphatic carbocycles. The Balaban J connectivity index is 1.84. The summed E-state index contributed by atoms with van der Waals surface area (Å²) in [6.07, 6.45) is 0.820. The number of ether oxygens (including phenoxy) is 1. The molecule has 3 rings (SSSR count). The van der Waals surface area contributed by atoms with E-state index in [9.17, 15) is 0 Å². The van der Waals surface area contributed by atoms with Crippen LogP contribution in [0.3, 0.4) is 0 Å². The number of nitrogen functional groups attached to an aromatic ring is 1. The molecule has 1 heterocycles. The van der Waals surface area contributed by atoms with Crippen molar-refractivity contribution < 1.29 is 4.74 Å². The van der Waals surface area contributed by atoms with Crippen molar-refractivity contribution in [3.8, 4) is 17.0 Å². The fourth-order valence-electron chi connectivity index (χ4n) is 2.18. The number of nitrogens with zero attached hydrogens (tertiary/aromatic N) is 1. The van der Waals surface area contributed by atoms with Gasteiger partial charge in [0.15, 0.2) is 0 Å². The zero-order chi connectivity index (χ0) is 14.7. The van der Waals surface area contributed by atoms with E-state index in [4.69, 9.17) is 15.5 Å². The second-order valence-corrected chi connectivity index (χ2v) is 5.69. The van der Waals surface area contributed by atoms with Crippen molar-refractivity contribution in [3.05, 3.63) is 64.5 Å². The van der Waals surface area contributed by atoms with Crippen LogP contribution in [0.4, 0.5) is 5.69 Å². The van der Waals surface area contributed by atoms with Crippen LogP contribution in [0.5, 0.6) is 5.75 Å². The zero-order valence-electron chi connectivity index (χ0n) is 11.7. The second kappa shape index (κ2) is 5.97. The van der Waals surface area contributed by atoms with Gasteiger partial charge in [0.1, 0.15) is 5.75 Å². The van der Waals surface area contributed by atoms with E-state index >= 15 is 0 Å². The standard InChI is InChI=1S/C17H16N2OS/c1-20-16-5-3-2-4-14(16)15-11-21-17(19-15)10-12-6-8-13(18)9-7-12/h2-9,11H,10,18H2,1H3. The van der Waals surface area contributed by atoms with Gasteiger partial charge in [-0.25, -0.2) is 4.98 Å². The van der Waals surface area contributed by atoms with Crippen LogP contribution in [0.25, 0.3) is 11.3 Å². The molecule has 3 aromatic rings. The Morgan fingerprint density at radius 1 is 1.10 bits per heavy atom. The van der Waals surface area contributed by atoms with Gasteiger partial charge in [-0.2, -0.15) is 0 Å². The van der Waals surface area contributed by atoms with E-state index in [1.165, 1.54) is 5.56 Å². The summed E-state index contributed by atoms with van der Waals surface area (Å²) in [5.74, 6) is 0.849. The fourth-order valence-corrected chi connectivity index (χ4v) is 3.01. The van der Waals surface area contributed by atoms with Crippen molar-refractivity contribution in [2.24, 2.45) is 0 Å². The molecule has 1 aromatic heterocycles. The minimum atomic E-state index is 0.785. The zero-order valence-corrected chi connectivity index (χ0v) is 12.6. The molecule has 3 nitrogen and oxygen atoms in total. The van der Waals surface area contributed by atoms with Crippen LogP contribution in [0.2, 0.25) is 0 Å². The molecule has 0 atom stereocenters. The lowest BCUT2D eigenvalue weighted by molar-refractivity contribution is 0.416. The van der Waals surface area contributed by atoms with Crippen molar-refractivity contribution in [2.75, 3.05) is 12.8 Å². The van der Waals surface area contributed by atoms with Gasteiger partial charge in [-0.3, -0.25) is 0 Å². The molecule has 0 bridgehead atoms. The number of aromatic nitrogens is 1. The van der Waals surface area contributed by atoms with Gasteiger partial charge in [0.05, 0.1) is 17.8 Å². The second-order valence-electron chi connectivity index (χ2n) is 4.75. The third kappa shape index (κ3) is 3.06. The quantitative estimate of drug-likeness (QED) is 0.740. The number of nitrogens with two attached hydrogens (primary N) is 1. The number of benzene rings is 2. The number of anilines is 1. The van der Waals surface area contributed by atoms with Crippen molar-refractivity contribution in [1.29, 1.82) is 0 Å². The van der Waals surface area contributed by atoms with Crippen molar-refractivity contribution in [2.45, 2.75) is 6.42 Å². The predicted molar refractivity (Wildman–Crippen MR) is 87.8 cm³/mol. The average molecular weight is 296 g/mol. The summed E-state index contributed by atoms with van der Waals surface area (Å²) >= 11 is 1.66. The monoisotopic (exact) mass is 296 g/mol. The number of thiazole rings is 1. The smallest absolute Gasteiger partial charge is 0.128 e. The maximum Gasteiger partial charge on any atom is 0.128 e. The molecule has 0 unspecified atom stereocenters. The van der Waals surface area contributed by atoms with Gasteiger partial charge in [-0.05, 0) is 29.8 Å². The van der Waals surface area contributed by atoms with Crippen molar-refractivity contribution in [1.82, 2.24) is 4.98 Å². The lowest BCUT2D eigenvalue weighted by atomic mass is 10.1. The number of rotatable bonds is 4. The molecular formula is C17H16N2OS. The van der Waals surface area contributed by atoms with Gasteiger partial charge in [0, 0.05) is 23.1 Å². The Bertz CT molecular complexity index is 735. The summed E-state index contributed by atoms with van der Waals surface area (Å²) in [5.41, 5.74) is 9.69. The third-order valence-electron chi connectivity index (χ3n) is 3.27. The molecule has 0 saturated heterocycles. The summed E-state index contributed by atoms with van der Waals surface area (Å²) in [7, 11) is 1.68. The molecule has 0 saturated carbocycles. The van der Waals surface area contributed by atoms with Crippen LogP contribution in [0, 0.1) is 0 Å². The Morgan fingerprint density at radius 3 is 2.62 bits per heavy atom. The van der Waals surface area contributed by atoms with Gasteiger partial charge in [-0.1, -0.05) is 24.3 Å². The normalized spacial score (nSPS) is 10.5. The van der Waals surface area contributed by atoms with E-state index in [-0.39, 0.29) is 0 Å². The third-order valence-corrected chi connectivity index (χ3v) is 4.12. The van der Waals surface area contributed by atoms with E-state index in [2.05, 4.69) is 5.38 Å². The van der Waals surface area contributed by atoms with E-state index in [1.807, 2.05) is 48.5 Å². The molecular weight excluding hydrogens is 280 g/mol. The summed E-state index contributed by atoms with van der Waals surface area (Å²) in [5, 5.41) is 3.16. The number of hydrogen-bond acceptors (Lipinski definition) is 4. The Morgan fingerprint density at radius 2 is 1.86 bits per heavy atom. The van der Waals surface area contributed by atoms with Crippen molar-refractivity contribution >= 4 is 17.0 Å². The lowest BCUT2D eigenvalue weighted by Gasteiger charge is -2.05. The van der Waals surface area contributed by atoms with Gasteiger partial charge >= 0.3 is 0 Å². The first-order valence-corrected chi connectivity index (χ1v) is 7.56. The highest BCUT2D eigenvalue weighted by Crippen LogP contribution is 2.30. The summed E-state index contributed by atoms with van der Waals surface area (Å²) in [6, 6.07) is 15.9. The van der Waals surface area contributed by atoms with Crippen LogP contribution >= 0.6 is 11.3 Å². The molecule has 0 fully saturated rings. The van der Waals surface area contributed by atoms with Gasteiger partial charge in [-0.15, -0.1) is 11.3 Å². The molecule has 0 amide bonds.